The van der Waals surface area contributed by atoms with Crippen molar-refractivity contribution in [1.29, 1.82) is 0 Å². The summed E-state index contributed by atoms with van der Waals surface area (Å²) in [5.41, 5.74) is -0.434. The topological polar surface area (TPSA) is 72.3 Å². The zero-order chi connectivity index (χ0) is 19.2. The molecule has 0 radical (unpaired) electrons. The van der Waals surface area contributed by atoms with Gasteiger partial charge in [0.15, 0.2) is 0 Å². The minimum Gasteiger partial charge on any atom is -0.365 e. The first-order valence-electron chi connectivity index (χ1n) is 10.4. The van der Waals surface area contributed by atoms with Crippen LogP contribution < -0.4 is 5.32 Å². The predicted molar refractivity (Wildman–Crippen MR) is 103 cm³/mol. The molecule has 7 nitrogen and oxygen atoms in total. The molecule has 1 saturated heterocycles. The van der Waals surface area contributed by atoms with Gasteiger partial charge < -0.3 is 19.5 Å². The molecule has 1 spiro atoms. The first kappa shape index (κ1) is 18.7. The Labute approximate surface area is 161 Å². The van der Waals surface area contributed by atoms with Crippen molar-refractivity contribution in [2.24, 2.45) is 0 Å². The fourth-order valence-electron chi connectivity index (χ4n) is 5.10. The summed E-state index contributed by atoms with van der Waals surface area (Å²) < 4.78 is 8.62. The van der Waals surface area contributed by atoms with Crippen molar-refractivity contribution in [3.63, 3.8) is 0 Å². The van der Waals surface area contributed by atoms with E-state index in [0.29, 0.717) is 19.0 Å². The minimum atomic E-state index is -0.293. The fraction of sp³-hybridized carbons (Fsp3) is 0.850. The Hall–Kier alpha value is -1.63. The molecule has 0 bridgehead atoms. The fourth-order valence-corrected chi connectivity index (χ4v) is 5.10. The van der Waals surface area contributed by atoms with Gasteiger partial charge in [0, 0.05) is 24.9 Å². The summed E-state index contributed by atoms with van der Waals surface area (Å²) in [6.07, 6.45) is 6.30. The average molecular weight is 376 g/mol. The monoisotopic (exact) mass is 375 g/mol. The Morgan fingerprint density at radius 2 is 1.96 bits per heavy atom. The number of rotatable bonds is 2. The van der Waals surface area contributed by atoms with E-state index in [-0.39, 0.29) is 23.3 Å². The smallest absolute Gasteiger partial charge is 0.317 e. The number of carbonyl (C=O) groups is 1. The van der Waals surface area contributed by atoms with E-state index >= 15 is 0 Å². The van der Waals surface area contributed by atoms with Gasteiger partial charge in [-0.25, -0.2) is 4.79 Å². The Balaban J connectivity index is 1.44. The molecule has 1 aromatic heterocycles. The van der Waals surface area contributed by atoms with Crippen LogP contribution in [0.3, 0.4) is 0 Å². The number of hydrogen-bond donors (Lipinski definition) is 1. The molecule has 1 atom stereocenters. The number of aryl methyl sites for hydroxylation is 1. The molecule has 1 N–H and O–H groups in total. The molecule has 3 aliphatic rings. The van der Waals surface area contributed by atoms with Crippen LogP contribution in [0.15, 0.2) is 0 Å². The van der Waals surface area contributed by atoms with Crippen LogP contribution in [-0.2, 0) is 17.7 Å². The van der Waals surface area contributed by atoms with Crippen LogP contribution in [0, 0.1) is 0 Å². The highest BCUT2D eigenvalue weighted by atomic mass is 16.5. The maximum Gasteiger partial charge on any atom is 0.317 e. The van der Waals surface area contributed by atoms with E-state index in [9.17, 15) is 4.79 Å². The Morgan fingerprint density at radius 1 is 1.22 bits per heavy atom. The second kappa shape index (κ2) is 6.76. The summed E-state index contributed by atoms with van der Waals surface area (Å²) in [6, 6.07) is 0.175. The van der Waals surface area contributed by atoms with Crippen LogP contribution in [0.5, 0.6) is 0 Å². The van der Waals surface area contributed by atoms with Gasteiger partial charge in [0.2, 0.25) is 0 Å². The van der Waals surface area contributed by atoms with Gasteiger partial charge in [0.1, 0.15) is 11.6 Å². The van der Waals surface area contributed by atoms with Crippen LogP contribution >= 0.6 is 0 Å². The van der Waals surface area contributed by atoms with E-state index in [1.165, 1.54) is 12.8 Å². The van der Waals surface area contributed by atoms with Crippen molar-refractivity contribution >= 4 is 6.03 Å². The summed E-state index contributed by atoms with van der Waals surface area (Å²) in [5, 5.41) is 11.9. The van der Waals surface area contributed by atoms with E-state index in [2.05, 4.69) is 47.8 Å². The van der Waals surface area contributed by atoms with Crippen molar-refractivity contribution in [3.05, 3.63) is 11.6 Å². The number of hydrogen-bond acceptors (Lipinski definition) is 4. The van der Waals surface area contributed by atoms with Crippen molar-refractivity contribution in [2.75, 3.05) is 13.1 Å². The molecule has 7 heteroatoms. The number of amides is 2. The number of fused-ring (bicyclic) bond motifs is 1. The SMILES string of the molecule is CC(C)c1nnc2n1CC(NC(=O)N1CC(C)(C)OC3(CCCC3)C1)CC2. The van der Waals surface area contributed by atoms with Gasteiger partial charge in [-0.2, -0.15) is 0 Å². The Bertz CT molecular complexity index is 705. The third-order valence-electron chi connectivity index (χ3n) is 6.16. The third kappa shape index (κ3) is 3.71. The summed E-state index contributed by atoms with van der Waals surface area (Å²) in [5.74, 6) is 2.39. The Morgan fingerprint density at radius 3 is 2.67 bits per heavy atom. The lowest BCUT2D eigenvalue weighted by molar-refractivity contribution is -0.184. The van der Waals surface area contributed by atoms with E-state index in [1.807, 2.05) is 4.90 Å². The molecular formula is C20H33N5O2. The molecule has 1 aliphatic carbocycles. The van der Waals surface area contributed by atoms with Gasteiger partial charge >= 0.3 is 6.03 Å². The first-order chi connectivity index (χ1) is 12.8. The van der Waals surface area contributed by atoms with E-state index in [0.717, 1.165) is 43.9 Å². The molecule has 1 aromatic rings. The van der Waals surface area contributed by atoms with Crippen molar-refractivity contribution in [1.82, 2.24) is 25.0 Å². The number of nitrogens with zero attached hydrogens (tertiary/aromatic N) is 4. The van der Waals surface area contributed by atoms with E-state index in [4.69, 9.17) is 4.74 Å². The zero-order valence-electron chi connectivity index (χ0n) is 17.1. The minimum absolute atomic E-state index is 0.0465. The highest BCUT2D eigenvalue weighted by Crippen LogP contribution is 2.40. The quantitative estimate of drug-likeness (QED) is 0.863. The lowest BCUT2D eigenvalue weighted by atomic mass is 9.94. The average Bonchev–Trinajstić information content (AvgIpc) is 3.19. The van der Waals surface area contributed by atoms with Gasteiger partial charge in [-0.1, -0.05) is 26.7 Å². The lowest BCUT2D eigenvalue weighted by Crippen LogP contribution is -2.62. The number of morpholine rings is 1. The molecule has 0 aromatic carbocycles. The highest BCUT2D eigenvalue weighted by molar-refractivity contribution is 5.75. The molecular weight excluding hydrogens is 342 g/mol. The lowest BCUT2D eigenvalue weighted by Gasteiger charge is -2.49. The predicted octanol–water partition coefficient (Wildman–Crippen LogP) is 2.85. The number of ether oxygens (including phenoxy) is 1. The summed E-state index contributed by atoms with van der Waals surface area (Å²) in [7, 11) is 0. The molecule has 150 valence electrons. The van der Waals surface area contributed by atoms with Crippen LogP contribution in [0.1, 0.15) is 77.4 Å². The largest absolute Gasteiger partial charge is 0.365 e. The zero-order valence-corrected chi connectivity index (χ0v) is 17.1. The van der Waals surface area contributed by atoms with Crippen molar-refractivity contribution in [2.45, 2.75) is 95.9 Å². The standard InChI is InChI=1S/C20H33N5O2/c1-14(2)17-23-22-16-8-7-15(11-25(16)17)21-18(26)24-12-19(3,4)27-20(13-24)9-5-6-10-20/h14-15H,5-13H2,1-4H3,(H,21,26). The van der Waals surface area contributed by atoms with E-state index in [1.54, 1.807) is 0 Å². The van der Waals surface area contributed by atoms with Gasteiger partial charge in [-0.15, -0.1) is 10.2 Å². The molecule has 1 unspecified atom stereocenters. The van der Waals surface area contributed by atoms with Crippen LogP contribution in [0.4, 0.5) is 4.79 Å². The number of nitrogens with one attached hydrogen (secondary N) is 1. The van der Waals surface area contributed by atoms with Crippen molar-refractivity contribution < 1.29 is 9.53 Å². The van der Waals surface area contributed by atoms with Gasteiger partial charge in [0.25, 0.3) is 0 Å². The second-order valence-corrected chi connectivity index (χ2v) is 9.53. The molecule has 3 heterocycles. The van der Waals surface area contributed by atoms with Gasteiger partial charge in [-0.05, 0) is 33.1 Å². The summed E-state index contributed by atoms with van der Waals surface area (Å²) in [4.78, 5) is 15.1. The van der Waals surface area contributed by atoms with Crippen LogP contribution in [0.2, 0.25) is 0 Å². The second-order valence-electron chi connectivity index (χ2n) is 9.53. The molecule has 4 rings (SSSR count). The molecule has 2 fully saturated rings. The number of carbonyl (C=O) groups excluding carboxylic acids is 1. The summed E-state index contributed by atoms with van der Waals surface area (Å²) >= 11 is 0. The maximum absolute atomic E-state index is 13.1. The highest BCUT2D eigenvalue weighted by Gasteiger charge is 2.47. The normalized spacial score (nSPS) is 26.4. The van der Waals surface area contributed by atoms with Crippen LogP contribution in [0.25, 0.3) is 0 Å². The van der Waals surface area contributed by atoms with Gasteiger partial charge in [0.05, 0.1) is 24.3 Å². The van der Waals surface area contributed by atoms with Crippen LogP contribution in [-0.4, -0.2) is 56.0 Å². The summed E-state index contributed by atoms with van der Waals surface area (Å²) in [6.45, 7) is 10.6. The van der Waals surface area contributed by atoms with Crippen molar-refractivity contribution in [3.8, 4) is 0 Å². The third-order valence-corrected chi connectivity index (χ3v) is 6.16. The number of aromatic nitrogens is 3. The molecule has 1 saturated carbocycles. The molecule has 2 aliphatic heterocycles. The van der Waals surface area contributed by atoms with E-state index < -0.39 is 0 Å². The maximum atomic E-state index is 13.1. The molecule has 2 amide bonds. The Kier molecular flexibility index (Phi) is 4.69. The van der Waals surface area contributed by atoms with Gasteiger partial charge in [-0.3, -0.25) is 0 Å². The first-order valence-corrected chi connectivity index (χ1v) is 10.4. The number of urea groups is 1. The molecule has 27 heavy (non-hydrogen) atoms.